The Morgan fingerprint density at radius 3 is 2.68 bits per heavy atom. The second-order valence-corrected chi connectivity index (χ2v) is 4.38. The van der Waals surface area contributed by atoms with Crippen LogP contribution in [-0.2, 0) is 25.1 Å². The highest BCUT2D eigenvalue weighted by Crippen LogP contribution is 2.04. The summed E-state index contributed by atoms with van der Waals surface area (Å²) in [6, 6.07) is 0. The van der Waals surface area contributed by atoms with Crippen LogP contribution < -0.4 is 0 Å². The zero-order valence-corrected chi connectivity index (χ0v) is 11.7. The van der Waals surface area contributed by atoms with Gasteiger partial charge in [0.15, 0.2) is 10.6 Å². The maximum absolute atomic E-state index is 12.5. The van der Waals surface area contributed by atoms with Crippen LogP contribution in [0.4, 0.5) is 8.78 Å². The predicted octanol–water partition coefficient (Wildman–Crippen LogP) is 0.614. The Balaban J connectivity index is 2.80. The highest BCUT2D eigenvalue weighted by molar-refractivity contribution is 7.71. The highest BCUT2D eigenvalue weighted by atomic mass is 32.1. The first-order valence-electron chi connectivity index (χ1n) is 5.72. The third-order valence-electron chi connectivity index (χ3n) is 2.61. The number of rotatable bonds is 8. The molecule has 110 valence electrons. The van der Waals surface area contributed by atoms with E-state index < -0.39 is 6.43 Å². The molecule has 19 heavy (non-hydrogen) atoms. The van der Waals surface area contributed by atoms with E-state index in [2.05, 4.69) is 5.10 Å². The van der Waals surface area contributed by atoms with Crippen molar-refractivity contribution >= 4 is 12.2 Å². The zero-order chi connectivity index (χ0) is 14.4. The molecule has 0 saturated carbocycles. The van der Waals surface area contributed by atoms with Gasteiger partial charge in [0, 0.05) is 20.7 Å². The van der Waals surface area contributed by atoms with Crippen LogP contribution >= 0.6 is 12.2 Å². The van der Waals surface area contributed by atoms with Crippen molar-refractivity contribution in [3.8, 4) is 0 Å². The van der Waals surface area contributed by atoms with E-state index in [1.807, 2.05) is 0 Å². The molecule has 1 N–H and O–H groups in total. The maximum Gasteiger partial charge on any atom is 0.251 e. The molecule has 0 aliphatic carbocycles. The molecule has 0 aliphatic heterocycles. The van der Waals surface area contributed by atoms with E-state index in [9.17, 15) is 8.78 Å². The molecule has 0 unspecified atom stereocenters. The van der Waals surface area contributed by atoms with Gasteiger partial charge < -0.3 is 14.4 Å². The average molecular weight is 296 g/mol. The summed E-state index contributed by atoms with van der Waals surface area (Å²) < 4.78 is 33.2. The van der Waals surface area contributed by atoms with Crippen molar-refractivity contribution < 1.29 is 18.6 Å². The van der Waals surface area contributed by atoms with Crippen molar-refractivity contribution in [3.05, 3.63) is 10.6 Å². The summed E-state index contributed by atoms with van der Waals surface area (Å²) in [5.41, 5.74) is 0. The molecule has 0 atom stereocenters. The molecule has 0 bridgehead atoms. The molecule has 0 spiro atoms. The van der Waals surface area contributed by atoms with Crippen LogP contribution in [-0.4, -0.2) is 57.6 Å². The second-order valence-electron chi connectivity index (χ2n) is 4.02. The van der Waals surface area contributed by atoms with Gasteiger partial charge in [0.25, 0.3) is 6.43 Å². The van der Waals surface area contributed by atoms with E-state index in [4.69, 9.17) is 22.1 Å². The van der Waals surface area contributed by atoms with Crippen molar-refractivity contribution in [2.45, 2.75) is 19.7 Å². The van der Waals surface area contributed by atoms with Crippen LogP contribution in [0.5, 0.6) is 0 Å². The summed E-state index contributed by atoms with van der Waals surface area (Å²) in [5.74, 6) is 0.397. The molecule has 0 amide bonds. The fraction of sp³-hybridized carbons (Fsp3) is 0.800. The summed E-state index contributed by atoms with van der Waals surface area (Å²) >= 11 is 5.13. The van der Waals surface area contributed by atoms with Crippen LogP contribution in [0.3, 0.4) is 0 Å². The monoisotopic (exact) mass is 296 g/mol. The van der Waals surface area contributed by atoms with Crippen molar-refractivity contribution in [2.75, 3.05) is 26.8 Å². The molecule has 1 rings (SSSR count). The fourth-order valence-corrected chi connectivity index (χ4v) is 1.79. The number of aliphatic hydroxyl groups excluding tert-OH is 1. The maximum atomic E-state index is 12.5. The van der Waals surface area contributed by atoms with Gasteiger partial charge in [-0.3, -0.25) is 4.90 Å². The molecule has 1 aromatic rings. The van der Waals surface area contributed by atoms with Gasteiger partial charge in [-0.1, -0.05) is 0 Å². The molecule has 0 saturated heterocycles. The van der Waals surface area contributed by atoms with Crippen molar-refractivity contribution in [1.82, 2.24) is 19.2 Å². The van der Waals surface area contributed by atoms with Crippen LogP contribution in [0, 0.1) is 4.77 Å². The van der Waals surface area contributed by atoms with Crippen molar-refractivity contribution in [3.63, 3.8) is 0 Å². The lowest BCUT2D eigenvalue weighted by atomic mass is 10.5. The smallest absolute Gasteiger partial charge is 0.251 e. The van der Waals surface area contributed by atoms with E-state index in [1.54, 1.807) is 11.6 Å². The van der Waals surface area contributed by atoms with E-state index in [1.165, 1.54) is 16.7 Å². The molecule has 0 aliphatic rings. The molecule has 0 radical (unpaired) electrons. The van der Waals surface area contributed by atoms with Gasteiger partial charge in [0.2, 0.25) is 0 Å². The number of aromatic nitrogens is 3. The third-order valence-corrected chi connectivity index (χ3v) is 3.10. The topological polar surface area (TPSA) is 55.4 Å². The molecule has 0 aromatic carbocycles. The van der Waals surface area contributed by atoms with Gasteiger partial charge in [0.1, 0.15) is 6.61 Å². The predicted molar refractivity (Wildman–Crippen MR) is 67.4 cm³/mol. The fourth-order valence-electron chi connectivity index (χ4n) is 1.59. The summed E-state index contributed by atoms with van der Waals surface area (Å²) in [4.78, 5) is 1.50. The number of aliphatic hydroxyl groups is 1. The third kappa shape index (κ3) is 4.60. The molecule has 1 aromatic heterocycles. The minimum atomic E-state index is -2.44. The van der Waals surface area contributed by atoms with Gasteiger partial charge in [-0.05, 0) is 12.2 Å². The van der Waals surface area contributed by atoms with Gasteiger partial charge in [-0.15, -0.1) is 0 Å². The number of halogens is 2. The Morgan fingerprint density at radius 1 is 1.53 bits per heavy atom. The summed E-state index contributed by atoms with van der Waals surface area (Å²) in [5, 5.41) is 13.2. The van der Waals surface area contributed by atoms with Gasteiger partial charge >= 0.3 is 0 Å². The van der Waals surface area contributed by atoms with Crippen LogP contribution in [0.25, 0.3) is 0 Å². The van der Waals surface area contributed by atoms with Gasteiger partial charge in [0.05, 0.1) is 19.8 Å². The summed E-state index contributed by atoms with van der Waals surface area (Å²) in [7, 11) is 3.18. The SMILES string of the molecule is COCCN(CC(F)F)Cn1nc(CO)n(C)c1=S. The van der Waals surface area contributed by atoms with Crippen molar-refractivity contribution in [2.24, 2.45) is 7.05 Å². The van der Waals surface area contributed by atoms with Crippen molar-refractivity contribution in [1.29, 1.82) is 0 Å². The van der Waals surface area contributed by atoms with Crippen LogP contribution in [0.1, 0.15) is 5.82 Å². The Labute approximate surface area is 115 Å². The highest BCUT2D eigenvalue weighted by Gasteiger charge is 2.15. The van der Waals surface area contributed by atoms with Gasteiger partial charge in [-0.2, -0.15) is 5.10 Å². The summed E-state index contributed by atoms with van der Waals surface area (Å²) in [6.07, 6.45) is -2.44. The number of ether oxygens (including phenoxy) is 1. The lowest BCUT2D eigenvalue weighted by molar-refractivity contribution is 0.0521. The first kappa shape index (κ1) is 16.2. The first-order chi connectivity index (χ1) is 8.99. The standard InChI is InChI=1S/C10H18F2N4O2S/c1-14-9(6-17)13-16(10(14)19)7-15(3-4-18-2)5-8(11)12/h8,17H,3-7H2,1-2H3. The number of hydrogen-bond acceptors (Lipinski definition) is 5. The summed E-state index contributed by atoms with van der Waals surface area (Å²) in [6.45, 7) is 0.212. The Kier molecular flexibility index (Phi) is 6.49. The Bertz CT molecular complexity index is 449. The molecular formula is C10H18F2N4O2S. The first-order valence-corrected chi connectivity index (χ1v) is 6.13. The number of hydrogen-bond donors (Lipinski definition) is 1. The van der Waals surface area contributed by atoms with E-state index in [0.29, 0.717) is 23.7 Å². The zero-order valence-electron chi connectivity index (χ0n) is 10.9. The van der Waals surface area contributed by atoms with E-state index >= 15 is 0 Å². The average Bonchev–Trinajstić information content (AvgIpc) is 2.63. The molecule has 1 heterocycles. The minimum Gasteiger partial charge on any atom is -0.388 e. The largest absolute Gasteiger partial charge is 0.388 e. The molecule has 0 fully saturated rings. The molecular weight excluding hydrogens is 278 g/mol. The molecule has 9 heteroatoms. The molecule has 6 nitrogen and oxygen atoms in total. The Morgan fingerprint density at radius 2 is 2.21 bits per heavy atom. The van der Waals surface area contributed by atoms with E-state index in [0.717, 1.165) is 0 Å². The normalized spacial score (nSPS) is 11.7. The lowest BCUT2D eigenvalue weighted by Gasteiger charge is -2.20. The van der Waals surface area contributed by atoms with E-state index in [-0.39, 0.29) is 19.8 Å². The number of methoxy groups -OCH3 is 1. The minimum absolute atomic E-state index is 0.139. The van der Waals surface area contributed by atoms with Crippen LogP contribution in [0.2, 0.25) is 0 Å². The second kappa shape index (κ2) is 7.63. The quantitative estimate of drug-likeness (QED) is 0.713. The lowest BCUT2D eigenvalue weighted by Crippen LogP contribution is -2.34. The number of alkyl halides is 2. The number of nitrogens with zero attached hydrogens (tertiary/aromatic N) is 4. The van der Waals surface area contributed by atoms with Crippen LogP contribution in [0.15, 0.2) is 0 Å². The van der Waals surface area contributed by atoms with Gasteiger partial charge in [-0.25, -0.2) is 13.5 Å². The Hall–Kier alpha value is -0.900.